The highest BCUT2D eigenvalue weighted by molar-refractivity contribution is 7.13. The molecule has 7 heteroatoms. The van der Waals surface area contributed by atoms with Crippen LogP contribution in [0.5, 0.6) is 5.75 Å². The number of ether oxygens (including phenoxy) is 1. The summed E-state index contributed by atoms with van der Waals surface area (Å²) < 4.78 is 6.16. The number of nitrogens with zero attached hydrogens (tertiary/aromatic N) is 2. The molecule has 27 heavy (non-hydrogen) atoms. The highest BCUT2D eigenvalue weighted by Gasteiger charge is 2.14. The van der Waals surface area contributed by atoms with Crippen LogP contribution in [-0.2, 0) is 12.8 Å². The molecule has 0 saturated heterocycles. The third-order valence-electron chi connectivity index (χ3n) is 4.23. The lowest BCUT2D eigenvalue weighted by atomic mass is 10.0. The normalized spacial score (nSPS) is 11.4. The Hall–Kier alpha value is -2.38. The van der Waals surface area contributed by atoms with E-state index in [0.29, 0.717) is 12.5 Å². The van der Waals surface area contributed by atoms with E-state index in [4.69, 9.17) is 4.74 Å². The fraction of sp³-hybridized carbons (Fsp3) is 0.300. The number of anilines is 2. The first-order valence-electron chi connectivity index (χ1n) is 9.00. The van der Waals surface area contributed by atoms with E-state index < -0.39 is 0 Å². The van der Waals surface area contributed by atoms with Crippen LogP contribution < -0.4 is 10.1 Å². The number of rotatable bonds is 8. The molecule has 5 nitrogen and oxygen atoms in total. The zero-order chi connectivity index (χ0) is 18.6. The van der Waals surface area contributed by atoms with Crippen molar-refractivity contribution in [3.05, 3.63) is 51.7 Å². The Morgan fingerprint density at radius 3 is 2.89 bits per heavy atom. The van der Waals surface area contributed by atoms with E-state index in [1.165, 1.54) is 11.1 Å². The number of H-pyrrole nitrogens is 1. The number of benzene rings is 1. The van der Waals surface area contributed by atoms with Gasteiger partial charge in [-0.15, -0.1) is 11.3 Å². The Morgan fingerprint density at radius 1 is 1.22 bits per heavy atom. The molecule has 0 radical (unpaired) electrons. The Morgan fingerprint density at radius 2 is 2.15 bits per heavy atom. The van der Waals surface area contributed by atoms with Crippen LogP contribution in [0.1, 0.15) is 25.0 Å². The smallest absolute Gasteiger partial charge is 0.188 e. The number of thiophene rings is 1. The molecule has 0 aliphatic carbocycles. The molecule has 3 aromatic heterocycles. The fourth-order valence-corrected chi connectivity index (χ4v) is 4.28. The molecule has 0 saturated carbocycles. The van der Waals surface area contributed by atoms with Crippen LogP contribution in [-0.4, -0.2) is 21.8 Å². The average molecular weight is 399 g/mol. The van der Waals surface area contributed by atoms with Gasteiger partial charge in [0, 0.05) is 23.4 Å². The Kier molecular flexibility index (Phi) is 5.40. The van der Waals surface area contributed by atoms with Crippen molar-refractivity contribution >= 4 is 44.5 Å². The highest BCUT2D eigenvalue weighted by Crippen LogP contribution is 2.33. The molecule has 0 fully saturated rings. The fourth-order valence-electron chi connectivity index (χ4n) is 3.05. The van der Waals surface area contributed by atoms with Crippen molar-refractivity contribution in [3.8, 4) is 5.75 Å². The van der Waals surface area contributed by atoms with E-state index in [2.05, 4.69) is 63.3 Å². The molecule has 3 heterocycles. The first-order valence-corrected chi connectivity index (χ1v) is 10.8. The van der Waals surface area contributed by atoms with Gasteiger partial charge in [0.15, 0.2) is 10.9 Å². The summed E-state index contributed by atoms with van der Waals surface area (Å²) >= 11 is 3.27. The third-order valence-corrected chi connectivity index (χ3v) is 5.65. The minimum atomic E-state index is 0.573. The summed E-state index contributed by atoms with van der Waals surface area (Å²) in [6.07, 6.45) is 3.68. The van der Waals surface area contributed by atoms with Gasteiger partial charge in [-0.05, 0) is 52.4 Å². The van der Waals surface area contributed by atoms with Crippen LogP contribution >= 0.6 is 22.7 Å². The molecule has 0 aliphatic rings. The standard InChI is InChI=1S/C20H22N4OS2/c1-13(2)9-15-10-16-18(23-24-19(16)22-20-21-5-8-27-20)17(11-15)25-6-3-14-4-7-26-12-14/h4-5,7-8,10-13H,3,6,9H2,1-2H3,(H2,21,22,23,24). The summed E-state index contributed by atoms with van der Waals surface area (Å²) in [5.41, 5.74) is 3.49. The molecule has 0 spiro atoms. The van der Waals surface area contributed by atoms with Crippen LogP contribution in [0.15, 0.2) is 40.5 Å². The molecular weight excluding hydrogens is 376 g/mol. The molecule has 0 bridgehead atoms. The molecule has 4 aromatic rings. The minimum Gasteiger partial charge on any atom is -0.491 e. The van der Waals surface area contributed by atoms with E-state index in [1.54, 1.807) is 28.9 Å². The van der Waals surface area contributed by atoms with Gasteiger partial charge < -0.3 is 10.1 Å². The Bertz CT molecular complexity index is 991. The van der Waals surface area contributed by atoms with Crippen molar-refractivity contribution in [2.45, 2.75) is 26.7 Å². The quantitative estimate of drug-likeness (QED) is 0.403. The highest BCUT2D eigenvalue weighted by atomic mass is 32.1. The van der Waals surface area contributed by atoms with Gasteiger partial charge in [-0.3, -0.25) is 5.10 Å². The molecule has 0 unspecified atom stereocenters. The molecule has 140 valence electrons. The largest absolute Gasteiger partial charge is 0.491 e. The van der Waals surface area contributed by atoms with E-state index in [9.17, 15) is 0 Å². The van der Waals surface area contributed by atoms with Crippen molar-refractivity contribution in [1.29, 1.82) is 0 Å². The van der Waals surface area contributed by atoms with Crippen molar-refractivity contribution in [2.24, 2.45) is 5.92 Å². The second-order valence-electron chi connectivity index (χ2n) is 6.88. The van der Waals surface area contributed by atoms with Crippen molar-refractivity contribution in [1.82, 2.24) is 15.2 Å². The number of aromatic nitrogens is 3. The zero-order valence-electron chi connectivity index (χ0n) is 15.4. The van der Waals surface area contributed by atoms with E-state index in [1.807, 2.05) is 5.38 Å². The Labute approximate surface area is 166 Å². The lowest BCUT2D eigenvalue weighted by molar-refractivity contribution is 0.325. The van der Waals surface area contributed by atoms with Crippen LogP contribution in [0.25, 0.3) is 10.9 Å². The molecule has 1 aromatic carbocycles. The summed E-state index contributed by atoms with van der Waals surface area (Å²) in [4.78, 5) is 4.29. The van der Waals surface area contributed by atoms with Gasteiger partial charge in [0.1, 0.15) is 11.3 Å². The number of hydrogen-bond acceptors (Lipinski definition) is 6. The van der Waals surface area contributed by atoms with Crippen molar-refractivity contribution in [2.75, 3.05) is 11.9 Å². The average Bonchev–Trinajstić information content (AvgIpc) is 3.38. The second-order valence-corrected chi connectivity index (χ2v) is 8.55. The second kappa shape index (κ2) is 8.10. The molecule has 0 aliphatic heterocycles. The summed E-state index contributed by atoms with van der Waals surface area (Å²) in [6.45, 7) is 5.10. The van der Waals surface area contributed by atoms with Gasteiger partial charge in [0.25, 0.3) is 0 Å². The van der Waals surface area contributed by atoms with E-state index >= 15 is 0 Å². The first kappa shape index (κ1) is 18.0. The van der Waals surface area contributed by atoms with E-state index in [0.717, 1.165) is 40.4 Å². The van der Waals surface area contributed by atoms with Gasteiger partial charge in [0.05, 0.1) is 6.61 Å². The third kappa shape index (κ3) is 4.31. The van der Waals surface area contributed by atoms with Gasteiger partial charge >= 0.3 is 0 Å². The summed E-state index contributed by atoms with van der Waals surface area (Å²) in [5, 5.41) is 19.0. The summed E-state index contributed by atoms with van der Waals surface area (Å²) in [7, 11) is 0. The van der Waals surface area contributed by atoms with Crippen molar-refractivity contribution in [3.63, 3.8) is 0 Å². The van der Waals surface area contributed by atoms with Gasteiger partial charge in [-0.25, -0.2) is 4.98 Å². The van der Waals surface area contributed by atoms with Crippen LogP contribution in [0.3, 0.4) is 0 Å². The minimum absolute atomic E-state index is 0.573. The molecular formula is C20H22N4OS2. The topological polar surface area (TPSA) is 62.8 Å². The lowest BCUT2D eigenvalue weighted by Gasteiger charge is -2.11. The first-order chi connectivity index (χ1) is 13.2. The van der Waals surface area contributed by atoms with Gasteiger partial charge in [-0.1, -0.05) is 13.8 Å². The zero-order valence-corrected chi connectivity index (χ0v) is 17.0. The number of hydrogen-bond donors (Lipinski definition) is 2. The van der Waals surface area contributed by atoms with Gasteiger partial charge in [-0.2, -0.15) is 16.4 Å². The lowest BCUT2D eigenvalue weighted by Crippen LogP contribution is -2.02. The monoisotopic (exact) mass is 398 g/mol. The van der Waals surface area contributed by atoms with Crippen molar-refractivity contribution < 1.29 is 4.74 Å². The predicted octanol–water partition coefficient (Wildman–Crippen LogP) is 5.64. The SMILES string of the molecule is CC(C)Cc1cc(OCCc2ccsc2)c2[nH]nc(Nc3nccs3)c2c1. The summed E-state index contributed by atoms with van der Waals surface area (Å²) in [5.74, 6) is 2.22. The summed E-state index contributed by atoms with van der Waals surface area (Å²) in [6, 6.07) is 6.48. The number of fused-ring (bicyclic) bond motifs is 1. The molecule has 4 rings (SSSR count). The van der Waals surface area contributed by atoms with E-state index in [-0.39, 0.29) is 0 Å². The maximum absolute atomic E-state index is 6.16. The maximum atomic E-state index is 6.16. The maximum Gasteiger partial charge on any atom is 0.188 e. The van der Waals surface area contributed by atoms with Crippen LogP contribution in [0.4, 0.5) is 10.9 Å². The number of nitrogens with one attached hydrogen (secondary N) is 2. The number of thiazole rings is 1. The van der Waals surface area contributed by atoms with Crippen LogP contribution in [0, 0.1) is 5.92 Å². The van der Waals surface area contributed by atoms with Crippen LogP contribution in [0.2, 0.25) is 0 Å². The van der Waals surface area contributed by atoms with Gasteiger partial charge in [0.2, 0.25) is 0 Å². The molecule has 2 N–H and O–H groups in total. The molecule has 0 atom stereocenters. The molecule has 0 amide bonds. The predicted molar refractivity (Wildman–Crippen MR) is 114 cm³/mol. The number of aromatic amines is 1. The Balaban J connectivity index is 1.62.